The Morgan fingerprint density at radius 1 is 0.698 bits per heavy atom. The molecule has 0 unspecified atom stereocenters. The monoisotopic (exact) mass is 715 g/mol. The van der Waals surface area contributed by atoms with E-state index in [2.05, 4.69) is 10.6 Å². The van der Waals surface area contributed by atoms with Crippen molar-refractivity contribution >= 4 is 29.3 Å². The third-order valence-corrected chi connectivity index (χ3v) is 9.12. The Kier molecular flexibility index (Phi) is 11.4. The van der Waals surface area contributed by atoms with E-state index >= 15 is 0 Å². The number of nitrogens with one attached hydrogen (secondary N) is 2. The first-order valence-electron chi connectivity index (χ1n) is 17.0. The molecular formula is C42H41N3O8. The maximum absolute atomic E-state index is 14.1. The molecule has 0 bridgehead atoms. The molecule has 11 nitrogen and oxygen atoms in total. The third kappa shape index (κ3) is 8.20. The van der Waals surface area contributed by atoms with E-state index in [1.807, 2.05) is 97.1 Å². The molecule has 3 amide bonds. The molecule has 6 rings (SSSR count). The van der Waals surface area contributed by atoms with Crippen LogP contribution in [-0.2, 0) is 27.4 Å². The Morgan fingerprint density at radius 2 is 1.28 bits per heavy atom. The second-order valence-corrected chi connectivity index (χ2v) is 12.3. The van der Waals surface area contributed by atoms with Gasteiger partial charge >= 0.3 is 6.09 Å². The van der Waals surface area contributed by atoms with E-state index in [4.69, 9.17) is 23.7 Å². The van der Waals surface area contributed by atoms with Gasteiger partial charge in [0.25, 0.3) is 0 Å². The SMILES string of the molecule is COc1ccc([C@H]2[C@H](c3ccc(NC(=O)[C@H](Cc4ccccc4)NC(=O)OCc4ccccc4)cc3)C(=O)N2c2cc(OC)c(OC)c(OC)c2)cc1. The molecule has 0 saturated carbocycles. The highest BCUT2D eigenvalue weighted by Gasteiger charge is 2.50. The number of benzene rings is 5. The van der Waals surface area contributed by atoms with Gasteiger partial charge in [-0.15, -0.1) is 0 Å². The minimum Gasteiger partial charge on any atom is -0.497 e. The molecule has 0 spiro atoms. The minimum absolute atomic E-state index is 0.0716. The Balaban J connectivity index is 1.22. The van der Waals surface area contributed by atoms with Crippen molar-refractivity contribution in [3.8, 4) is 23.0 Å². The lowest BCUT2D eigenvalue weighted by atomic mass is 9.77. The zero-order chi connectivity index (χ0) is 37.3. The van der Waals surface area contributed by atoms with E-state index in [1.165, 1.54) is 21.3 Å². The third-order valence-electron chi connectivity index (χ3n) is 9.12. The van der Waals surface area contributed by atoms with Gasteiger partial charge in [0.05, 0.1) is 46.1 Å². The van der Waals surface area contributed by atoms with Gasteiger partial charge in [-0.2, -0.15) is 0 Å². The average Bonchev–Trinajstić information content (AvgIpc) is 3.20. The molecule has 1 saturated heterocycles. The molecule has 3 atom stereocenters. The van der Waals surface area contributed by atoms with Gasteiger partial charge in [0.15, 0.2) is 11.5 Å². The molecule has 0 radical (unpaired) electrons. The number of hydrogen-bond donors (Lipinski definition) is 2. The van der Waals surface area contributed by atoms with E-state index in [0.29, 0.717) is 34.4 Å². The van der Waals surface area contributed by atoms with Crippen LogP contribution in [0.3, 0.4) is 0 Å². The highest BCUT2D eigenvalue weighted by Crippen LogP contribution is 2.52. The van der Waals surface area contributed by atoms with E-state index in [-0.39, 0.29) is 25.0 Å². The average molecular weight is 716 g/mol. The van der Waals surface area contributed by atoms with Crippen molar-refractivity contribution in [2.75, 3.05) is 38.7 Å². The molecule has 1 heterocycles. The lowest BCUT2D eigenvalue weighted by Crippen LogP contribution is -2.53. The molecular weight excluding hydrogens is 674 g/mol. The van der Waals surface area contributed by atoms with Crippen molar-refractivity contribution in [3.63, 3.8) is 0 Å². The fraction of sp³-hybridized carbons (Fsp3) is 0.214. The predicted molar refractivity (Wildman–Crippen MR) is 201 cm³/mol. The van der Waals surface area contributed by atoms with Gasteiger partial charge in [-0.3, -0.25) is 9.59 Å². The van der Waals surface area contributed by atoms with E-state index in [9.17, 15) is 14.4 Å². The smallest absolute Gasteiger partial charge is 0.408 e. The fourth-order valence-corrected chi connectivity index (χ4v) is 6.42. The van der Waals surface area contributed by atoms with Crippen LogP contribution in [0.25, 0.3) is 0 Å². The normalized spacial score (nSPS) is 15.4. The summed E-state index contributed by atoms with van der Waals surface area (Å²) in [6, 6.07) is 35.7. The standard InChI is InChI=1S/C42H41N3O8/c1-49-33-21-17-30(18-22-33)38-37(41(47)45(38)32-24-35(50-2)39(52-4)36(25-32)51-3)29-15-19-31(20-16-29)43-40(46)34(23-27-11-7-5-8-12-27)44-42(48)53-26-28-13-9-6-10-14-28/h5-22,24-25,34,37-38H,23,26H2,1-4H3,(H,43,46)(H,44,48)/t34-,37-,38-/m0/s1. The van der Waals surface area contributed by atoms with Gasteiger partial charge in [0.2, 0.25) is 17.6 Å². The molecule has 272 valence electrons. The van der Waals surface area contributed by atoms with Crippen LogP contribution in [0.4, 0.5) is 16.2 Å². The van der Waals surface area contributed by atoms with Crippen molar-refractivity contribution in [1.82, 2.24) is 5.32 Å². The summed E-state index contributed by atoms with van der Waals surface area (Å²) >= 11 is 0. The van der Waals surface area contributed by atoms with E-state index in [0.717, 1.165) is 22.3 Å². The van der Waals surface area contributed by atoms with Gasteiger partial charge in [-0.05, 0) is 46.5 Å². The van der Waals surface area contributed by atoms with Crippen molar-refractivity contribution in [2.24, 2.45) is 0 Å². The summed E-state index contributed by atoms with van der Waals surface area (Å²) in [7, 11) is 6.19. The number of β-lactam (4-membered cyclic amide) rings is 1. The van der Waals surface area contributed by atoms with Gasteiger partial charge < -0.3 is 39.2 Å². The first-order valence-corrected chi connectivity index (χ1v) is 17.0. The number of carbonyl (C=O) groups excluding carboxylic acids is 3. The molecule has 11 heteroatoms. The number of methoxy groups -OCH3 is 4. The quantitative estimate of drug-likeness (QED) is 0.117. The molecule has 0 aliphatic carbocycles. The second kappa shape index (κ2) is 16.7. The number of amides is 3. The van der Waals surface area contributed by atoms with Gasteiger partial charge in [-0.1, -0.05) is 84.9 Å². The molecule has 1 aliphatic heterocycles. The zero-order valence-electron chi connectivity index (χ0n) is 29.9. The summed E-state index contributed by atoms with van der Waals surface area (Å²) in [6.07, 6.45) is -0.452. The van der Waals surface area contributed by atoms with Crippen LogP contribution >= 0.6 is 0 Å². The summed E-state index contributed by atoms with van der Waals surface area (Å²) in [5, 5.41) is 5.65. The Bertz CT molecular complexity index is 2000. The molecule has 53 heavy (non-hydrogen) atoms. The van der Waals surface area contributed by atoms with Crippen molar-refractivity contribution in [1.29, 1.82) is 0 Å². The number of anilines is 2. The van der Waals surface area contributed by atoms with Gasteiger partial charge in [0, 0.05) is 24.2 Å². The summed E-state index contributed by atoms with van der Waals surface area (Å²) in [5.74, 6) is 0.902. The van der Waals surface area contributed by atoms with Crippen LogP contribution in [0.5, 0.6) is 23.0 Å². The Labute approximate surface area is 308 Å². The topological polar surface area (TPSA) is 125 Å². The van der Waals surface area contributed by atoms with Crippen molar-refractivity contribution in [3.05, 3.63) is 144 Å². The summed E-state index contributed by atoms with van der Waals surface area (Å²) < 4.78 is 27.5. The number of ether oxygens (including phenoxy) is 5. The summed E-state index contributed by atoms with van der Waals surface area (Å²) in [6.45, 7) is 0.0716. The number of alkyl carbamates (subject to hydrolysis) is 1. The van der Waals surface area contributed by atoms with Gasteiger partial charge in [-0.25, -0.2) is 4.79 Å². The first-order chi connectivity index (χ1) is 25.8. The van der Waals surface area contributed by atoms with Gasteiger partial charge in [0.1, 0.15) is 18.4 Å². The maximum atomic E-state index is 14.1. The van der Waals surface area contributed by atoms with E-state index < -0.39 is 24.0 Å². The number of nitrogens with zero attached hydrogens (tertiary/aromatic N) is 1. The molecule has 0 aromatic heterocycles. The summed E-state index contributed by atoms with van der Waals surface area (Å²) in [5.41, 5.74) is 4.46. The molecule has 5 aromatic rings. The number of hydrogen-bond acceptors (Lipinski definition) is 8. The van der Waals surface area contributed by atoms with Crippen LogP contribution in [0.2, 0.25) is 0 Å². The minimum atomic E-state index is -0.917. The van der Waals surface area contributed by atoms with Crippen LogP contribution in [0.15, 0.2) is 121 Å². The van der Waals surface area contributed by atoms with Crippen molar-refractivity contribution in [2.45, 2.75) is 31.0 Å². The highest BCUT2D eigenvalue weighted by atomic mass is 16.5. The molecule has 1 fully saturated rings. The highest BCUT2D eigenvalue weighted by molar-refractivity contribution is 6.07. The molecule has 2 N–H and O–H groups in total. The molecule has 1 aliphatic rings. The fourth-order valence-electron chi connectivity index (χ4n) is 6.42. The lowest BCUT2D eigenvalue weighted by molar-refractivity contribution is -0.126. The zero-order valence-corrected chi connectivity index (χ0v) is 29.9. The van der Waals surface area contributed by atoms with Crippen LogP contribution in [0.1, 0.15) is 34.2 Å². The van der Waals surface area contributed by atoms with Crippen molar-refractivity contribution < 1.29 is 38.1 Å². The lowest BCUT2D eigenvalue weighted by Gasteiger charge is -2.48. The summed E-state index contributed by atoms with van der Waals surface area (Å²) in [4.78, 5) is 42.2. The second-order valence-electron chi connectivity index (χ2n) is 12.3. The van der Waals surface area contributed by atoms with Crippen LogP contribution in [0, 0.1) is 0 Å². The predicted octanol–water partition coefficient (Wildman–Crippen LogP) is 7.07. The van der Waals surface area contributed by atoms with E-state index in [1.54, 1.807) is 36.3 Å². The first kappa shape index (κ1) is 36.3. The number of rotatable bonds is 14. The molecule has 5 aromatic carbocycles. The Morgan fingerprint density at radius 3 is 1.85 bits per heavy atom. The maximum Gasteiger partial charge on any atom is 0.408 e. The Hall–Kier alpha value is -6.49. The largest absolute Gasteiger partial charge is 0.497 e. The van der Waals surface area contributed by atoms with Crippen LogP contribution in [-0.4, -0.2) is 52.4 Å². The van der Waals surface area contributed by atoms with Crippen LogP contribution < -0.4 is 34.5 Å². The number of carbonyl (C=O) groups is 3.